The molecule has 126 valence electrons. The summed E-state index contributed by atoms with van der Waals surface area (Å²) in [6.45, 7) is 0. The number of nitrogens with zero attached hydrogens (tertiary/aromatic N) is 1. The van der Waals surface area contributed by atoms with Gasteiger partial charge in [-0.05, 0) is 55.4 Å². The van der Waals surface area contributed by atoms with Gasteiger partial charge in [0, 0.05) is 18.7 Å². The topological polar surface area (TPSA) is 63.7 Å². The quantitative estimate of drug-likeness (QED) is 0.844. The van der Waals surface area contributed by atoms with Crippen molar-refractivity contribution >= 4 is 15.7 Å². The lowest BCUT2D eigenvalue weighted by Crippen LogP contribution is -2.42. The molecule has 1 heterocycles. The Hall–Kier alpha value is -1.56. The van der Waals surface area contributed by atoms with Crippen LogP contribution in [-0.2, 0) is 22.7 Å². The third kappa shape index (κ3) is 3.22. The molecule has 0 bridgehead atoms. The highest BCUT2D eigenvalue weighted by Crippen LogP contribution is 2.31. The van der Waals surface area contributed by atoms with E-state index in [0.717, 1.165) is 24.8 Å². The van der Waals surface area contributed by atoms with Gasteiger partial charge in [-0.2, -0.15) is 0 Å². The molecule has 0 aromatic heterocycles. The van der Waals surface area contributed by atoms with Crippen LogP contribution in [0.4, 0.5) is 0 Å². The molecule has 6 heteroatoms. The van der Waals surface area contributed by atoms with Crippen molar-refractivity contribution in [1.29, 1.82) is 0 Å². The molecule has 1 saturated heterocycles. The molecule has 0 unspecified atom stereocenters. The predicted molar refractivity (Wildman–Crippen MR) is 88.8 cm³/mol. The Balaban J connectivity index is 1.84. The fourth-order valence-corrected chi connectivity index (χ4v) is 5.07. The fourth-order valence-electron chi connectivity index (χ4n) is 3.61. The minimum atomic E-state index is -2.92. The molecular formula is C17H23NO4S. The Bertz CT molecular complexity index is 712. The molecule has 1 aliphatic carbocycles. The Morgan fingerprint density at radius 2 is 1.91 bits per heavy atom. The first-order chi connectivity index (χ1) is 10.9. The van der Waals surface area contributed by atoms with Crippen LogP contribution in [0.15, 0.2) is 12.1 Å². The van der Waals surface area contributed by atoms with Gasteiger partial charge in [-0.1, -0.05) is 0 Å². The number of amides is 1. The first-order valence-electron chi connectivity index (χ1n) is 8.08. The summed E-state index contributed by atoms with van der Waals surface area (Å²) in [6, 6.07) is 3.84. The zero-order valence-electron chi connectivity index (χ0n) is 13.7. The minimum Gasteiger partial charge on any atom is -0.497 e. The molecule has 0 radical (unpaired) electrons. The van der Waals surface area contributed by atoms with Crippen molar-refractivity contribution in [3.63, 3.8) is 0 Å². The summed E-state index contributed by atoms with van der Waals surface area (Å²) in [5.74, 6) is 1.04. The van der Waals surface area contributed by atoms with Crippen LogP contribution in [0.25, 0.3) is 0 Å². The summed E-state index contributed by atoms with van der Waals surface area (Å²) >= 11 is 0. The van der Waals surface area contributed by atoms with E-state index in [-0.39, 0.29) is 23.5 Å². The van der Waals surface area contributed by atoms with E-state index in [0.29, 0.717) is 24.2 Å². The molecule has 2 aliphatic rings. The van der Waals surface area contributed by atoms with Gasteiger partial charge in [0.1, 0.15) is 15.6 Å². The summed E-state index contributed by atoms with van der Waals surface area (Å²) in [4.78, 5) is 14.7. The van der Waals surface area contributed by atoms with Crippen LogP contribution in [0.5, 0.6) is 5.75 Å². The van der Waals surface area contributed by atoms with Gasteiger partial charge in [-0.25, -0.2) is 8.42 Å². The number of methoxy groups -OCH3 is 1. The SMILES string of the molecule is COc1cc2c(c(C(=O)N(C)C3CCS(=O)(=O)CC3)c1)CCC2. The number of ether oxygens (including phenoxy) is 1. The molecule has 0 saturated carbocycles. The highest BCUT2D eigenvalue weighted by atomic mass is 32.2. The number of carbonyl (C=O) groups is 1. The van der Waals surface area contributed by atoms with Gasteiger partial charge in [0.15, 0.2) is 0 Å². The van der Waals surface area contributed by atoms with Gasteiger partial charge in [0.25, 0.3) is 5.91 Å². The number of hydrogen-bond acceptors (Lipinski definition) is 4. The van der Waals surface area contributed by atoms with Crippen molar-refractivity contribution < 1.29 is 17.9 Å². The molecular weight excluding hydrogens is 314 g/mol. The normalized spacial score (nSPS) is 20.1. The molecule has 1 aliphatic heterocycles. The van der Waals surface area contributed by atoms with Crippen LogP contribution in [0.2, 0.25) is 0 Å². The second kappa shape index (κ2) is 6.15. The van der Waals surface area contributed by atoms with Gasteiger partial charge in [-0.3, -0.25) is 4.79 Å². The first kappa shape index (κ1) is 16.3. The summed E-state index contributed by atoms with van der Waals surface area (Å²) in [5.41, 5.74) is 3.05. The summed E-state index contributed by atoms with van der Waals surface area (Å²) in [6.07, 6.45) is 4.02. The number of benzene rings is 1. The summed E-state index contributed by atoms with van der Waals surface area (Å²) < 4.78 is 28.5. The van der Waals surface area contributed by atoms with Gasteiger partial charge < -0.3 is 9.64 Å². The minimum absolute atomic E-state index is 0.00530. The van der Waals surface area contributed by atoms with E-state index in [1.165, 1.54) is 5.56 Å². The average Bonchev–Trinajstić information content (AvgIpc) is 3.01. The monoisotopic (exact) mass is 337 g/mol. The maximum Gasteiger partial charge on any atom is 0.254 e. The molecule has 1 amide bonds. The Morgan fingerprint density at radius 1 is 1.22 bits per heavy atom. The second-order valence-electron chi connectivity index (χ2n) is 6.47. The van der Waals surface area contributed by atoms with E-state index in [2.05, 4.69) is 0 Å². The number of sulfone groups is 1. The highest BCUT2D eigenvalue weighted by molar-refractivity contribution is 7.91. The average molecular weight is 337 g/mol. The van der Waals surface area contributed by atoms with E-state index < -0.39 is 9.84 Å². The van der Waals surface area contributed by atoms with E-state index in [1.54, 1.807) is 19.1 Å². The van der Waals surface area contributed by atoms with Gasteiger partial charge in [0.2, 0.25) is 0 Å². The molecule has 1 aromatic carbocycles. The fraction of sp³-hybridized carbons (Fsp3) is 0.588. The molecule has 0 atom stereocenters. The van der Waals surface area contributed by atoms with Gasteiger partial charge >= 0.3 is 0 Å². The summed E-state index contributed by atoms with van der Waals surface area (Å²) in [5, 5.41) is 0. The van der Waals surface area contributed by atoms with Crippen molar-refractivity contribution in [2.75, 3.05) is 25.7 Å². The number of hydrogen-bond donors (Lipinski definition) is 0. The zero-order chi connectivity index (χ0) is 16.6. The lowest BCUT2D eigenvalue weighted by molar-refractivity contribution is 0.0720. The Morgan fingerprint density at radius 3 is 2.57 bits per heavy atom. The second-order valence-corrected chi connectivity index (χ2v) is 8.77. The third-order valence-electron chi connectivity index (χ3n) is 5.05. The maximum absolute atomic E-state index is 13.0. The van der Waals surface area contributed by atoms with Crippen molar-refractivity contribution in [2.24, 2.45) is 0 Å². The summed E-state index contributed by atoms with van der Waals surface area (Å²) in [7, 11) is 0.478. The van der Waals surface area contributed by atoms with Gasteiger partial charge in [-0.15, -0.1) is 0 Å². The Kier molecular flexibility index (Phi) is 4.36. The van der Waals surface area contributed by atoms with Crippen molar-refractivity contribution in [3.8, 4) is 5.75 Å². The Labute approximate surface area is 137 Å². The molecule has 23 heavy (non-hydrogen) atoms. The molecule has 1 fully saturated rings. The van der Waals surface area contributed by atoms with Gasteiger partial charge in [0.05, 0.1) is 18.6 Å². The van der Waals surface area contributed by atoms with E-state index >= 15 is 0 Å². The highest BCUT2D eigenvalue weighted by Gasteiger charge is 2.31. The first-order valence-corrected chi connectivity index (χ1v) is 9.91. The van der Waals surface area contributed by atoms with E-state index in [9.17, 15) is 13.2 Å². The van der Waals surface area contributed by atoms with Crippen LogP contribution in [-0.4, -0.2) is 50.9 Å². The van der Waals surface area contributed by atoms with Crippen LogP contribution < -0.4 is 4.74 Å². The van der Waals surface area contributed by atoms with E-state index in [1.807, 2.05) is 12.1 Å². The lowest BCUT2D eigenvalue weighted by atomic mass is 10.0. The molecule has 0 spiro atoms. The number of rotatable bonds is 3. The predicted octanol–water partition coefficient (Wildman–Crippen LogP) is 1.83. The molecule has 3 rings (SSSR count). The lowest BCUT2D eigenvalue weighted by Gasteiger charge is -2.31. The van der Waals surface area contributed by atoms with Crippen molar-refractivity contribution in [1.82, 2.24) is 4.90 Å². The maximum atomic E-state index is 13.0. The zero-order valence-corrected chi connectivity index (χ0v) is 14.5. The smallest absolute Gasteiger partial charge is 0.254 e. The number of carbonyl (C=O) groups excluding carboxylic acids is 1. The van der Waals surface area contributed by atoms with Crippen LogP contribution >= 0.6 is 0 Å². The van der Waals surface area contributed by atoms with Crippen LogP contribution in [0, 0.1) is 0 Å². The molecule has 1 aromatic rings. The number of aryl methyl sites for hydroxylation is 1. The van der Waals surface area contributed by atoms with Crippen LogP contribution in [0.3, 0.4) is 0 Å². The van der Waals surface area contributed by atoms with Crippen molar-refractivity contribution in [2.45, 2.75) is 38.1 Å². The third-order valence-corrected chi connectivity index (χ3v) is 6.76. The largest absolute Gasteiger partial charge is 0.497 e. The molecule has 0 N–H and O–H groups in total. The van der Waals surface area contributed by atoms with Crippen molar-refractivity contribution in [3.05, 3.63) is 28.8 Å². The molecule has 5 nitrogen and oxygen atoms in total. The standard InChI is InChI=1S/C17H23NO4S/c1-18(13-6-8-23(20,21)9-7-13)17(19)16-11-14(22-2)10-12-4-3-5-15(12)16/h10-11,13H,3-9H2,1-2H3. The number of fused-ring (bicyclic) bond motifs is 1. The van der Waals surface area contributed by atoms with E-state index in [4.69, 9.17) is 4.74 Å². The van der Waals surface area contributed by atoms with Crippen LogP contribution in [0.1, 0.15) is 40.7 Å².